The maximum absolute atomic E-state index is 11.7. The van der Waals surface area contributed by atoms with E-state index in [-0.39, 0.29) is 11.8 Å². The molecule has 0 saturated heterocycles. The number of alkyl halides is 3. The summed E-state index contributed by atoms with van der Waals surface area (Å²) in [5, 5.41) is 0. The van der Waals surface area contributed by atoms with E-state index in [1.165, 1.54) is 6.92 Å². The lowest BCUT2D eigenvalue weighted by atomic mass is 10.6. The fourth-order valence-electron chi connectivity index (χ4n) is 0.707. The predicted octanol–water partition coefficient (Wildman–Crippen LogP) is 1.48. The van der Waals surface area contributed by atoms with Crippen LogP contribution in [0.1, 0.15) is 11.7 Å². The normalized spacial score (nSPS) is 11.4. The first kappa shape index (κ1) is 10.6. The van der Waals surface area contributed by atoms with Gasteiger partial charge in [0, 0.05) is 6.92 Å². The Hall–Kier alpha value is -1.53. The van der Waals surface area contributed by atoms with Crippen molar-refractivity contribution in [3.63, 3.8) is 0 Å². The van der Waals surface area contributed by atoms with Crippen molar-refractivity contribution in [2.24, 2.45) is 0 Å². The molecule has 1 heterocycles. The number of aromatic nitrogens is 2. The van der Waals surface area contributed by atoms with Gasteiger partial charge in [0.1, 0.15) is 6.33 Å². The third-order valence-electron chi connectivity index (χ3n) is 1.31. The molecule has 1 rings (SSSR count). The molecule has 0 radical (unpaired) electrons. The van der Waals surface area contributed by atoms with Crippen molar-refractivity contribution in [3.05, 3.63) is 12.5 Å². The predicted molar refractivity (Wildman–Crippen MR) is 40.1 cm³/mol. The minimum atomic E-state index is -4.40. The van der Waals surface area contributed by atoms with Crippen LogP contribution in [0.4, 0.5) is 13.2 Å². The van der Waals surface area contributed by atoms with Crippen LogP contribution in [0.5, 0.6) is 5.88 Å². The molecule has 1 aromatic rings. The van der Waals surface area contributed by atoms with Crippen LogP contribution >= 0.6 is 0 Å². The van der Waals surface area contributed by atoms with E-state index in [9.17, 15) is 18.0 Å². The highest BCUT2D eigenvalue weighted by molar-refractivity contribution is 5.75. The molecule has 0 aliphatic carbocycles. The van der Waals surface area contributed by atoms with E-state index in [0.29, 0.717) is 0 Å². The summed E-state index contributed by atoms with van der Waals surface area (Å²) >= 11 is 0. The quantitative estimate of drug-likeness (QED) is 0.739. The molecule has 0 N–H and O–H groups in total. The van der Waals surface area contributed by atoms with Crippen molar-refractivity contribution < 1.29 is 22.7 Å². The van der Waals surface area contributed by atoms with E-state index in [1.807, 2.05) is 0 Å². The lowest BCUT2D eigenvalue weighted by molar-refractivity contribution is -0.154. The van der Waals surface area contributed by atoms with Gasteiger partial charge in [-0.1, -0.05) is 0 Å². The van der Waals surface area contributed by atoms with Gasteiger partial charge in [-0.3, -0.25) is 9.36 Å². The maximum atomic E-state index is 11.7. The molecule has 0 aromatic carbocycles. The number of hydrogen-bond acceptors (Lipinski definition) is 3. The molecule has 14 heavy (non-hydrogen) atoms. The lowest BCUT2D eigenvalue weighted by Crippen LogP contribution is -2.19. The van der Waals surface area contributed by atoms with Crippen LogP contribution in [-0.2, 0) is 0 Å². The van der Waals surface area contributed by atoms with Gasteiger partial charge in [-0.2, -0.15) is 13.2 Å². The van der Waals surface area contributed by atoms with Gasteiger partial charge < -0.3 is 4.74 Å². The molecule has 0 amide bonds. The van der Waals surface area contributed by atoms with Gasteiger partial charge in [-0.05, 0) is 0 Å². The molecule has 0 unspecified atom stereocenters. The highest BCUT2D eigenvalue weighted by atomic mass is 19.4. The first-order valence-electron chi connectivity index (χ1n) is 3.63. The highest BCUT2D eigenvalue weighted by Gasteiger charge is 2.28. The van der Waals surface area contributed by atoms with E-state index in [1.54, 1.807) is 0 Å². The third kappa shape index (κ3) is 3.08. The van der Waals surface area contributed by atoms with Gasteiger partial charge in [0.2, 0.25) is 11.8 Å². The molecule has 78 valence electrons. The molecule has 4 nitrogen and oxygen atoms in total. The summed E-state index contributed by atoms with van der Waals surface area (Å²) < 4.78 is 40.4. The molecule has 1 aromatic heterocycles. The van der Waals surface area contributed by atoms with Crippen molar-refractivity contribution in [2.45, 2.75) is 13.1 Å². The van der Waals surface area contributed by atoms with Crippen LogP contribution in [-0.4, -0.2) is 28.2 Å². The van der Waals surface area contributed by atoms with Crippen molar-refractivity contribution in [2.75, 3.05) is 6.61 Å². The molecule has 0 fully saturated rings. The largest absolute Gasteiger partial charge is 0.467 e. The van der Waals surface area contributed by atoms with E-state index in [0.717, 1.165) is 17.1 Å². The third-order valence-corrected chi connectivity index (χ3v) is 1.31. The molecule has 0 aliphatic heterocycles. The Morgan fingerprint density at radius 1 is 1.64 bits per heavy atom. The van der Waals surface area contributed by atoms with Gasteiger partial charge in [-0.15, -0.1) is 0 Å². The topological polar surface area (TPSA) is 44.1 Å². The van der Waals surface area contributed by atoms with Crippen molar-refractivity contribution >= 4 is 5.91 Å². The Morgan fingerprint density at radius 2 is 2.29 bits per heavy atom. The van der Waals surface area contributed by atoms with Crippen LogP contribution in [0, 0.1) is 0 Å². The zero-order chi connectivity index (χ0) is 10.8. The Kier molecular flexibility index (Phi) is 2.78. The minimum Gasteiger partial charge on any atom is -0.467 e. The number of nitrogens with zero attached hydrogens (tertiary/aromatic N) is 2. The molecular formula is C7H7F3N2O2. The highest BCUT2D eigenvalue weighted by Crippen LogP contribution is 2.16. The fraction of sp³-hybridized carbons (Fsp3) is 0.429. The number of halogens is 3. The van der Waals surface area contributed by atoms with Crippen LogP contribution in [0.25, 0.3) is 0 Å². The average Bonchev–Trinajstić information content (AvgIpc) is 2.47. The molecule has 0 bridgehead atoms. The van der Waals surface area contributed by atoms with Crippen molar-refractivity contribution in [3.8, 4) is 5.88 Å². The van der Waals surface area contributed by atoms with Crippen LogP contribution < -0.4 is 4.74 Å². The second-order valence-electron chi connectivity index (χ2n) is 2.54. The van der Waals surface area contributed by atoms with Gasteiger partial charge in [-0.25, -0.2) is 4.98 Å². The molecular weight excluding hydrogens is 201 g/mol. The summed E-state index contributed by atoms with van der Waals surface area (Å²) in [5.41, 5.74) is 0. The minimum absolute atomic E-state index is 0.225. The second-order valence-corrected chi connectivity index (χ2v) is 2.54. The molecule has 0 saturated carbocycles. The van der Waals surface area contributed by atoms with Gasteiger partial charge >= 0.3 is 6.18 Å². The molecule has 0 spiro atoms. The zero-order valence-corrected chi connectivity index (χ0v) is 7.21. The zero-order valence-electron chi connectivity index (χ0n) is 7.21. The summed E-state index contributed by atoms with van der Waals surface area (Å²) in [5.74, 6) is -0.572. The first-order chi connectivity index (χ1) is 6.38. The summed E-state index contributed by atoms with van der Waals surface area (Å²) in [4.78, 5) is 14.2. The fourth-order valence-corrected chi connectivity index (χ4v) is 0.707. The van der Waals surface area contributed by atoms with Crippen molar-refractivity contribution in [1.82, 2.24) is 9.55 Å². The smallest absolute Gasteiger partial charge is 0.422 e. The summed E-state index contributed by atoms with van der Waals surface area (Å²) in [6.45, 7) is -0.156. The van der Waals surface area contributed by atoms with E-state index >= 15 is 0 Å². The van der Waals surface area contributed by atoms with E-state index < -0.39 is 12.8 Å². The number of carbonyl (C=O) groups is 1. The number of carbonyl (C=O) groups excluding carboxylic acids is 1. The average molecular weight is 208 g/mol. The van der Waals surface area contributed by atoms with E-state index in [2.05, 4.69) is 9.72 Å². The van der Waals surface area contributed by atoms with Crippen molar-refractivity contribution in [1.29, 1.82) is 0 Å². The summed E-state index contributed by atoms with van der Waals surface area (Å²) in [6.07, 6.45) is -2.22. The van der Waals surface area contributed by atoms with E-state index in [4.69, 9.17) is 0 Å². The SMILES string of the molecule is CC(=O)n1cnc(OCC(F)(F)F)c1. The second kappa shape index (κ2) is 3.69. The molecule has 0 aliphatic rings. The number of rotatable bonds is 2. The monoisotopic (exact) mass is 208 g/mol. The first-order valence-corrected chi connectivity index (χ1v) is 3.63. The molecule has 0 atom stereocenters. The Bertz CT molecular complexity index is 332. The Labute approximate surface area is 77.3 Å². The van der Waals surface area contributed by atoms with Gasteiger partial charge in [0.05, 0.1) is 6.20 Å². The van der Waals surface area contributed by atoms with Gasteiger partial charge in [0.15, 0.2) is 6.61 Å². The Morgan fingerprint density at radius 3 is 2.71 bits per heavy atom. The lowest BCUT2D eigenvalue weighted by Gasteiger charge is -2.05. The maximum Gasteiger partial charge on any atom is 0.422 e. The summed E-state index contributed by atoms with van der Waals surface area (Å²) in [7, 11) is 0. The van der Waals surface area contributed by atoms with Crippen LogP contribution in [0.15, 0.2) is 12.5 Å². The van der Waals surface area contributed by atoms with Crippen LogP contribution in [0.2, 0.25) is 0 Å². The molecule has 7 heteroatoms. The number of hydrogen-bond donors (Lipinski definition) is 0. The van der Waals surface area contributed by atoms with Crippen LogP contribution in [0.3, 0.4) is 0 Å². The summed E-state index contributed by atoms with van der Waals surface area (Å²) in [6, 6.07) is 0. The standard InChI is InChI=1S/C7H7F3N2O2/c1-5(13)12-2-6(11-4-12)14-3-7(8,9)10/h2,4H,3H2,1H3. The van der Waals surface area contributed by atoms with Gasteiger partial charge in [0.25, 0.3) is 0 Å². The Balaban J connectivity index is 2.56. The number of imidazole rings is 1. The number of ether oxygens (including phenoxy) is 1.